The third-order valence-corrected chi connectivity index (χ3v) is 3.79. The third-order valence-electron chi connectivity index (χ3n) is 3.79. The fourth-order valence-corrected chi connectivity index (χ4v) is 2.44. The topological polar surface area (TPSA) is 17.1 Å². The molecule has 0 amide bonds. The van der Waals surface area contributed by atoms with Crippen LogP contribution < -0.4 is 0 Å². The molecule has 118 valence electrons. The van der Waals surface area contributed by atoms with E-state index in [1.807, 2.05) is 0 Å². The molecule has 0 fully saturated rings. The Kier molecular flexibility index (Phi) is 16.0. The van der Waals surface area contributed by atoms with E-state index >= 15 is 0 Å². The van der Waals surface area contributed by atoms with Crippen molar-refractivity contribution in [1.29, 1.82) is 0 Å². The van der Waals surface area contributed by atoms with Crippen molar-refractivity contribution >= 4 is 5.78 Å². The van der Waals surface area contributed by atoms with E-state index in [4.69, 9.17) is 0 Å². The molecule has 0 bridgehead atoms. The van der Waals surface area contributed by atoms with E-state index < -0.39 is 0 Å². The molecule has 0 aromatic rings. The summed E-state index contributed by atoms with van der Waals surface area (Å²) in [4.78, 5) is 10.8. The van der Waals surface area contributed by atoms with Gasteiger partial charge in [-0.3, -0.25) is 0 Å². The standard InChI is InChI=1S/C19H36O/c1-3-4-5-6-7-8-9-10-11-12-13-14-15-16-17-18-19(2)20/h10-11H,3-9,12-18H2,1-2H3/b11-10-. The van der Waals surface area contributed by atoms with Gasteiger partial charge in [0.05, 0.1) is 0 Å². The van der Waals surface area contributed by atoms with Gasteiger partial charge in [-0.05, 0) is 39.0 Å². The minimum absolute atomic E-state index is 0.336. The Balaban J connectivity index is 3.07. The molecule has 0 aliphatic carbocycles. The van der Waals surface area contributed by atoms with Gasteiger partial charge in [-0.25, -0.2) is 0 Å². The highest BCUT2D eigenvalue weighted by atomic mass is 16.1. The van der Waals surface area contributed by atoms with E-state index in [0.29, 0.717) is 5.78 Å². The summed E-state index contributed by atoms with van der Waals surface area (Å²) in [6.07, 6.45) is 22.6. The van der Waals surface area contributed by atoms with Crippen molar-refractivity contribution in [2.24, 2.45) is 0 Å². The molecule has 1 nitrogen and oxygen atoms in total. The highest BCUT2D eigenvalue weighted by molar-refractivity contribution is 5.75. The van der Waals surface area contributed by atoms with E-state index in [1.165, 1.54) is 77.0 Å². The second-order valence-corrected chi connectivity index (χ2v) is 6.04. The molecule has 0 radical (unpaired) electrons. The molecule has 0 rings (SSSR count). The van der Waals surface area contributed by atoms with E-state index in [2.05, 4.69) is 19.1 Å². The van der Waals surface area contributed by atoms with Crippen molar-refractivity contribution in [3.63, 3.8) is 0 Å². The molecule has 1 heteroatoms. The van der Waals surface area contributed by atoms with Crippen molar-refractivity contribution in [2.75, 3.05) is 0 Å². The molecule has 0 aliphatic rings. The van der Waals surface area contributed by atoms with Gasteiger partial charge < -0.3 is 4.79 Å². The summed E-state index contributed by atoms with van der Waals surface area (Å²) in [7, 11) is 0. The minimum Gasteiger partial charge on any atom is -0.300 e. The lowest BCUT2D eigenvalue weighted by Crippen LogP contribution is -1.89. The van der Waals surface area contributed by atoms with Crippen LogP contribution in [0.5, 0.6) is 0 Å². The van der Waals surface area contributed by atoms with E-state index in [-0.39, 0.29) is 0 Å². The van der Waals surface area contributed by atoms with E-state index in [0.717, 1.165) is 12.8 Å². The summed E-state index contributed by atoms with van der Waals surface area (Å²) < 4.78 is 0. The van der Waals surface area contributed by atoms with Crippen molar-refractivity contribution in [3.8, 4) is 0 Å². The van der Waals surface area contributed by atoms with Gasteiger partial charge in [-0.2, -0.15) is 0 Å². The van der Waals surface area contributed by atoms with Gasteiger partial charge in [-0.15, -0.1) is 0 Å². The Morgan fingerprint density at radius 3 is 1.65 bits per heavy atom. The van der Waals surface area contributed by atoms with Crippen molar-refractivity contribution in [2.45, 2.75) is 104 Å². The maximum absolute atomic E-state index is 10.8. The van der Waals surface area contributed by atoms with Crippen LogP contribution in [0.4, 0.5) is 0 Å². The Morgan fingerprint density at radius 2 is 1.15 bits per heavy atom. The van der Waals surface area contributed by atoms with Gasteiger partial charge in [0.25, 0.3) is 0 Å². The third kappa shape index (κ3) is 17.4. The van der Waals surface area contributed by atoms with Crippen LogP contribution in [0.3, 0.4) is 0 Å². The number of Topliss-reactive ketones (excluding diaryl/α,β-unsaturated/α-hetero) is 1. The second-order valence-electron chi connectivity index (χ2n) is 6.04. The van der Waals surface area contributed by atoms with E-state index in [9.17, 15) is 4.79 Å². The van der Waals surface area contributed by atoms with Gasteiger partial charge in [-0.1, -0.05) is 70.4 Å². The Morgan fingerprint density at radius 1 is 0.700 bits per heavy atom. The summed E-state index contributed by atoms with van der Waals surface area (Å²) in [5.74, 6) is 0.336. The lowest BCUT2D eigenvalue weighted by atomic mass is 10.1. The first-order valence-corrected chi connectivity index (χ1v) is 8.91. The molecule has 0 saturated heterocycles. The van der Waals surface area contributed by atoms with Crippen molar-refractivity contribution in [3.05, 3.63) is 12.2 Å². The fourth-order valence-electron chi connectivity index (χ4n) is 2.44. The van der Waals surface area contributed by atoms with Crippen LogP contribution in [0.25, 0.3) is 0 Å². The smallest absolute Gasteiger partial charge is 0.129 e. The Labute approximate surface area is 127 Å². The molecule has 0 unspecified atom stereocenters. The van der Waals surface area contributed by atoms with Crippen LogP contribution in [-0.2, 0) is 4.79 Å². The Hall–Kier alpha value is -0.590. The predicted octanol–water partition coefficient (Wildman–Crippen LogP) is 6.61. The number of ketones is 1. The molecular formula is C19H36O. The van der Waals surface area contributed by atoms with Crippen LogP contribution in [0.1, 0.15) is 104 Å². The lowest BCUT2D eigenvalue weighted by molar-refractivity contribution is -0.117. The molecule has 0 aliphatic heterocycles. The van der Waals surface area contributed by atoms with Crippen LogP contribution in [0, 0.1) is 0 Å². The first-order chi connectivity index (χ1) is 9.77. The summed E-state index contributed by atoms with van der Waals surface area (Å²) >= 11 is 0. The highest BCUT2D eigenvalue weighted by Crippen LogP contribution is 2.09. The van der Waals surface area contributed by atoms with Gasteiger partial charge >= 0.3 is 0 Å². The summed E-state index contributed by atoms with van der Waals surface area (Å²) in [6.45, 7) is 3.96. The molecular weight excluding hydrogens is 244 g/mol. The van der Waals surface area contributed by atoms with Crippen molar-refractivity contribution < 1.29 is 4.79 Å². The van der Waals surface area contributed by atoms with Gasteiger partial charge in [0.2, 0.25) is 0 Å². The number of unbranched alkanes of at least 4 members (excludes halogenated alkanes) is 11. The minimum atomic E-state index is 0.336. The average Bonchev–Trinajstić information content (AvgIpc) is 2.43. The zero-order valence-electron chi connectivity index (χ0n) is 14.0. The van der Waals surface area contributed by atoms with E-state index in [1.54, 1.807) is 6.92 Å². The quantitative estimate of drug-likeness (QED) is 0.243. The molecule has 0 aromatic heterocycles. The van der Waals surface area contributed by atoms with Gasteiger partial charge in [0, 0.05) is 6.42 Å². The largest absolute Gasteiger partial charge is 0.300 e. The molecule has 0 spiro atoms. The number of hydrogen-bond donors (Lipinski definition) is 0. The molecule has 0 N–H and O–H groups in total. The van der Waals surface area contributed by atoms with Crippen LogP contribution in [0.2, 0.25) is 0 Å². The van der Waals surface area contributed by atoms with Crippen LogP contribution in [-0.4, -0.2) is 5.78 Å². The van der Waals surface area contributed by atoms with Gasteiger partial charge in [0.15, 0.2) is 0 Å². The second kappa shape index (κ2) is 16.5. The van der Waals surface area contributed by atoms with Gasteiger partial charge in [0.1, 0.15) is 5.78 Å². The number of allylic oxidation sites excluding steroid dienone is 2. The number of hydrogen-bond acceptors (Lipinski definition) is 1. The average molecular weight is 280 g/mol. The first-order valence-electron chi connectivity index (χ1n) is 8.91. The first kappa shape index (κ1) is 19.4. The monoisotopic (exact) mass is 280 g/mol. The molecule has 0 saturated carbocycles. The number of rotatable bonds is 15. The summed E-state index contributed by atoms with van der Waals surface area (Å²) in [6, 6.07) is 0. The maximum Gasteiger partial charge on any atom is 0.129 e. The maximum atomic E-state index is 10.8. The zero-order valence-corrected chi connectivity index (χ0v) is 14.0. The SMILES string of the molecule is CCCCCCCC/C=C\CCCCCCCC(C)=O. The zero-order chi connectivity index (χ0) is 14.9. The molecule has 0 aromatic carbocycles. The van der Waals surface area contributed by atoms with Crippen molar-refractivity contribution in [1.82, 2.24) is 0 Å². The fraction of sp³-hybridized carbons (Fsp3) is 0.842. The summed E-state index contributed by atoms with van der Waals surface area (Å²) in [5, 5.41) is 0. The molecule has 20 heavy (non-hydrogen) atoms. The van der Waals surface area contributed by atoms with Crippen LogP contribution in [0.15, 0.2) is 12.2 Å². The highest BCUT2D eigenvalue weighted by Gasteiger charge is 1.93. The predicted molar refractivity (Wildman–Crippen MR) is 90.1 cm³/mol. The number of carbonyl (C=O) groups excluding carboxylic acids is 1. The molecule has 0 heterocycles. The Bertz CT molecular complexity index is 230. The normalized spacial score (nSPS) is 11.3. The molecule has 0 atom stereocenters. The van der Waals surface area contributed by atoms with Crippen LogP contribution >= 0.6 is 0 Å². The lowest BCUT2D eigenvalue weighted by Gasteiger charge is -1.99. The summed E-state index contributed by atoms with van der Waals surface area (Å²) in [5.41, 5.74) is 0. The number of carbonyl (C=O) groups is 1.